The molecule has 0 aliphatic rings. The molecular weight excluding hydrogens is 467 g/mol. The molecule has 0 amide bonds. The molecule has 4 aromatic rings. The van der Waals surface area contributed by atoms with Crippen LogP contribution in [0.15, 0.2) is 115 Å². The van der Waals surface area contributed by atoms with Gasteiger partial charge in [0, 0.05) is 0 Å². The van der Waals surface area contributed by atoms with Crippen molar-refractivity contribution in [2.24, 2.45) is 0 Å². The van der Waals surface area contributed by atoms with E-state index in [1.807, 2.05) is 12.1 Å². The number of esters is 1. The van der Waals surface area contributed by atoms with Gasteiger partial charge in [-0.25, -0.2) is 0 Å². The van der Waals surface area contributed by atoms with Crippen LogP contribution in [0.2, 0.25) is 0 Å². The van der Waals surface area contributed by atoms with Crippen LogP contribution in [0.1, 0.15) is 15.9 Å². The summed E-state index contributed by atoms with van der Waals surface area (Å²) in [4.78, 5) is 11.9. The zero-order valence-corrected chi connectivity index (χ0v) is 20.1. The van der Waals surface area contributed by atoms with Crippen LogP contribution >= 0.6 is 24.2 Å². The molecule has 0 radical (unpaired) electrons. The predicted octanol–water partition coefficient (Wildman–Crippen LogP) is 5.28. The summed E-state index contributed by atoms with van der Waals surface area (Å²) >= 11 is 0. The Labute approximate surface area is 195 Å². The van der Waals surface area contributed by atoms with Gasteiger partial charge >= 0.3 is 178 Å². The van der Waals surface area contributed by atoms with Gasteiger partial charge in [-0.05, 0) is 0 Å². The Hall–Kier alpha value is -2.74. The summed E-state index contributed by atoms with van der Waals surface area (Å²) in [6.07, 6.45) is 0.909. The van der Waals surface area contributed by atoms with Gasteiger partial charge in [0.1, 0.15) is 0 Å². The number of methoxy groups -OCH3 is 1. The van der Waals surface area contributed by atoms with Crippen molar-refractivity contribution < 1.29 is 9.53 Å². The van der Waals surface area contributed by atoms with Gasteiger partial charge in [0.05, 0.1) is 0 Å². The summed E-state index contributed by atoms with van der Waals surface area (Å²) in [6, 6.07) is 40.4. The Morgan fingerprint density at radius 3 is 1.39 bits per heavy atom. The van der Waals surface area contributed by atoms with Crippen LogP contribution in [0.3, 0.4) is 0 Å². The quantitative estimate of drug-likeness (QED) is 0.270. The molecule has 0 saturated carbocycles. The van der Waals surface area contributed by atoms with Crippen molar-refractivity contribution >= 4 is 46.1 Å². The number of carbonyl (C=O) groups is 1. The normalized spacial score (nSPS) is 11.3. The SMILES string of the molecule is Br.COC(=O)c1ccc(C[PH](c2ccccc2)(c2ccccc2)c2ccccc2)cc1. The molecule has 0 saturated heterocycles. The number of hydrogen-bond donors (Lipinski definition) is 0. The molecule has 4 heteroatoms. The van der Waals surface area contributed by atoms with Gasteiger partial charge in [-0.15, -0.1) is 17.0 Å². The standard InChI is InChI=1S/C27H25O2P.BrH/c1-29-27(28)23-19-17-22(18-20-23)21-30(24-11-5-2-6-12-24,25-13-7-3-8-14-25)26-15-9-4-10-16-26;/h2-20,30H,21H2,1H3;1H. The van der Waals surface area contributed by atoms with Gasteiger partial charge in [-0.1, -0.05) is 0 Å². The van der Waals surface area contributed by atoms with E-state index in [4.69, 9.17) is 4.74 Å². The number of rotatable bonds is 6. The maximum atomic E-state index is 11.9. The number of hydrogen-bond acceptors (Lipinski definition) is 2. The first kappa shape index (κ1) is 22.9. The van der Waals surface area contributed by atoms with Crippen molar-refractivity contribution in [2.75, 3.05) is 7.11 Å². The summed E-state index contributed by atoms with van der Waals surface area (Å²) in [5.41, 5.74) is 1.79. The first-order valence-corrected chi connectivity index (χ1v) is 12.3. The molecule has 31 heavy (non-hydrogen) atoms. The molecule has 0 aliphatic carbocycles. The minimum atomic E-state index is -2.33. The Kier molecular flexibility index (Phi) is 7.79. The molecule has 0 unspecified atom stereocenters. The first-order chi connectivity index (χ1) is 14.7. The van der Waals surface area contributed by atoms with Gasteiger partial charge in [0.2, 0.25) is 0 Å². The number of ether oxygens (including phenoxy) is 1. The minimum absolute atomic E-state index is 0. The second-order valence-electron chi connectivity index (χ2n) is 7.37. The van der Waals surface area contributed by atoms with Crippen LogP contribution in [0.4, 0.5) is 0 Å². The zero-order valence-electron chi connectivity index (χ0n) is 17.4. The zero-order chi connectivity index (χ0) is 20.8. The molecule has 4 aromatic carbocycles. The van der Waals surface area contributed by atoms with E-state index in [9.17, 15) is 4.79 Å². The van der Waals surface area contributed by atoms with Gasteiger partial charge in [0.25, 0.3) is 0 Å². The van der Waals surface area contributed by atoms with Crippen molar-refractivity contribution in [2.45, 2.75) is 6.16 Å². The van der Waals surface area contributed by atoms with Crippen LogP contribution in [-0.4, -0.2) is 13.1 Å². The summed E-state index contributed by atoms with van der Waals surface area (Å²) in [5, 5.41) is 4.12. The molecule has 158 valence electrons. The average Bonchev–Trinajstić information content (AvgIpc) is 2.84. The van der Waals surface area contributed by atoms with Crippen molar-refractivity contribution in [3.05, 3.63) is 126 Å². The fraction of sp³-hybridized carbons (Fsp3) is 0.0741. The van der Waals surface area contributed by atoms with Crippen molar-refractivity contribution in [1.82, 2.24) is 0 Å². The molecule has 0 heterocycles. The fourth-order valence-electron chi connectivity index (χ4n) is 4.16. The van der Waals surface area contributed by atoms with Crippen LogP contribution in [0.5, 0.6) is 0 Å². The number of carbonyl (C=O) groups excluding carboxylic acids is 1. The van der Waals surface area contributed by atoms with E-state index in [1.54, 1.807) is 0 Å². The summed E-state index contributed by atoms with van der Waals surface area (Å²) in [5.74, 6) is -0.306. The van der Waals surface area contributed by atoms with Gasteiger partial charge in [-0.2, -0.15) is 0 Å². The third-order valence-electron chi connectivity index (χ3n) is 5.64. The monoisotopic (exact) mass is 492 g/mol. The summed E-state index contributed by atoms with van der Waals surface area (Å²) in [7, 11) is -0.923. The third kappa shape index (κ3) is 4.79. The van der Waals surface area contributed by atoms with E-state index in [0.717, 1.165) is 6.16 Å². The molecule has 0 fully saturated rings. The topological polar surface area (TPSA) is 26.3 Å². The molecule has 0 bridgehead atoms. The van der Waals surface area contributed by atoms with Crippen LogP contribution in [-0.2, 0) is 10.9 Å². The van der Waals surface area contributed by atoms with E-state index < -0.39 is 7.26 Å². The van der Waals surface area contributed by atoms with Crippen molar-refractivity contribution in [3.8, 4) is 0 Å². The van der Waals surface area contributed by atoms with E-state index in [-0.39, 0.29) is 23.0 Å². The fourth-order valence-corrected chi connectivity index (χ4v) is 8.90. The molecule has 4 rings (SSSR count). The average molecular weight is 493 g/mol. The molecular formula is C27H26BrO2P. The van der Waals surface area contributed by atoms with Crippen molar-refractivity contribution in [3.63, 3.8) is 0 Å². The van der Waals surface area contributed by atoms with Crippen LogP contribution in [0, 0.1) is 0 Å². The van der Waals surface area contributed by atoms with Crippen LogP contribution < -0.4 is 15.9 Å². The molecule has 0 aliphatic heterocycles. The second kappa shape index (κ2) is 10.5. The van der Waals surface area contributed by atoms with Gasteiger partial charge < -0.3 is 0 Å². The predicted molar refractivity (Wildman–Crippen MR) is 138 cm³/mol. The maximum absolute atomic E-state index is 11.9. The molecule has 0 aromatic heterocycles. The Balaban J connectivity index is 0.00000272. The van der Waals surface area contributed by atoms with E-state index >= 15 is 0 Å². The first-order valence-electron chi connectivity index (χ1n) is 10.1. The molecule has 2 nitrogen and oxygen atoms in total. The van der Waals surface area contributed by atoms with E-state index in [2.05, 4.69) is 103 Å². The molecule has 0 spiro atoms. The third-order valence-corrected chi connectivity index (χ3v) is 10.5. The Bertz CT molecular complexity index is 1000. The second-order valence-corrected chi connectivity index (χ2v) is 11.3. The van der Waals surface area contributed by atoms with Gasteiger partial charge in [-0.3, -0.25) is 0 Å². The number of benzene rings is 4. The van der Waals surface area contributed by atoms with Gasteiger partial charge in [0.15, 0.2) is 0 Å². The van der Waals surface area contributed by atoms with Crippen molar-refractivity contribution in [1.29, 1.82) is 0 Å². The van der Waals surface area contributed by atoms with E-state index in [1.165, 1.54) is 28.6 Å². The number of halogens is 1. The molecule has 0 N–H and O–H groups in total. The van der Waals surface area contributed by atoms with E-state index in [0.29, 0.717) is 5.56 Å². The Morgan fingerprint density at radius 2 is 1.03 bits per heavy atom. The summed E-state index contributed by atoms with van der Waals surface area (Å²) in [6.45, 7) is 0. The summed E-state index contributed by atoms with van der Waals surface area (Å²) < 4.78 is 4.85. The molecule has 0 atom stereocenters. The van der Waals surface area contributed by atoms with Crippen LogP contribution in [0.25, 0.3) is 0 Å². The Morgan fingerprint density at radius 1 is 0.645 bits per heavy atom.